The predicted molar refractivity (Wildman–Crippen MR) is 73.8 cm³/mol. The third kappa shape index (κ3) is 2.46. The molecule has 2 unspecified atom stereocenters. The number of hydrogen-bond acceptors (Lipinski definition) is 4. The molecule has 1 saturated heterocycles. The Hall–Kier alpha value is -2.44. The summed E-state index contributed by atoms with van der Waals surface area (Å²) >= 11 is 0. The number of likely N-dealkylation sites (tertiary alicyclic amines) is 1. The Bertz CT molecular complexity index is 696. The van der Waals surface area contributed by atoms with Gasteiger partial charge >= 0.3 is 5.97 Å². The molecule has 0 spiro atoms. The van der Waals surface area contributed by atoms with E-state index in [-0.39, 0.29) is 5.91 Å². The molecule has 0 bridgehead atoms. The molecule has 3 rings (SSSR count). The number of piperidine rings is 1. The molecule has 0 aromatic carbocycles. The minimum atomic E-state index is -0.944. The topological polar surface area (TPSA) is 87.8 Å². The van der Waals surface area contributed by atoms with Crippen LogP contribution in [0.25, 0.3) is 5.65 Å². The van der Waals surface area contributed by atoms with Crippen LogP contribution in [0.2, 0.25) is 0 Å². The van der Waals surface area contributed by atoms with Crippen molar-refractivity contribution in [1.29, 1.82) is 0 Å². The van der Waals surface area contributed by atoms with Crippen LogP contribution in [0.15, 0.2) is 24.7 Å². The fraction of sp³-hybridized carbons (Fsp3) is 0.429. The SMILES string of the molecule is CC1CCN(C(=O)c2ccc3nncn3c2)C(C(=O)O)C1. The van der Waals surface area contributed by atoms with E-state index in [1.54, 1.807) is 22.7 Å². The number of carbonyl (C=O) groups excluding carboxylic acids is 1. The summed E-state index contributed by atoms with van der Waals surface area (Å²) in [6.45, 7) is 2.48. The number of amides is 1. The van der Waals surface area contributed by atoms with E-state index in [0.717, 1.165) is 6.42 Å². The number of nitrogens with zero attached hydrogens (tertiary/aromatic N) is 4. The second kappa shape index (κ2) is 5.16. The van der Waals surface area contributed by atoms with Crippen molar-refractivity contribution >= 4 is 17.5 Å². The van der Waals surface area contributed by atoms with Gasteiger partial charge in [-0.05, 0) is 30.9 Å². The number of carbonyl (C=O) groups is 2. The van der Waals surface area contributed by atoms with Crippen LogP contribution in [0.3, 0.4) is 0 Å². The molecule has 7 nitrogen and oxygen atoms in total. The zero-order valence-corrected chi connectivity index (χ0v) is 11.6. The van der Waals surface area contributed by atoms with Gasteiger partial charge in [0.1, 0.15) is 12.4 Å². The van der Waals surface area contributed by atoms with Crippen LogP contribution >= 0.6 is 0 Å². The van der Waals surface area contributed by atoms with Gasteiger partial charge in [0.25, 0.3) is 5.91 Å². The molecule has 0 saturated carbocycles. The van der Waals surface area contributed by atoms with Crippen molar-refractivity contribution in [3.63, 3.8) is 0 Å². The lowest BCUT2D eigenvalue weighted by Gasteiger charge is -2.36. The molecule has 2 aromatic rings. The minimum absolute atomic E-state index is 0.259. The molecule has 2 atom stereocenters. The van der Waals surface area contributed by atoms with Gasteiger partial charge in [0.2, 0.25) is 0 Å². The standard InChI is InChI=1S/C14H16N4O3/c1-9-4-5-18(11(6-9)14(20)21)13(19)10-2-3-12-16-15-8-17(12)7-10/h2-3,7-9,11H,4-6H2,1H3,(H,20,21). The molecule has 110 valence electrons. The summed E-state index contributed by atoms with van der Waals surface area (Å²) in [6.07, 6.45) is 4.47. The summed E-state index contributed by atoms with van der Waals surface area (Å²) in [7, 11) is 0. The normalized spacial score (nSPS) is 22.4. The quantitative estimate of drug-likeness (QED) is 0.892. The number of aliphatic carboxylic acids is 1. The van der Waals surface area contributed by atoms with Crippen LogP contribution in [0.4, 0.5) is 0 Å². The molecule has 0 radical (unpaired) electrons. The first-order chi connectivity index (χ1) is 10.1. The Balaban J connectivity index is 1.90. The molecule has 1 fully saturated rings. The molecular weight excluding hydrogens is 272 g/mol. The van der Waals surface area contributed by atoms with Crippen LogP contribution in [0, 0.1) is 5.92 Å². The second-order valence-electron chi connectivity index (χ2n) is 5.50. The van der Waals surface area contributed by atoms with Gasteiger partial charge in [-0.3, -0.25) is 9.20 Å². The highest BCUT2D eigenvalue weighted by molar-refractivity contribution is 5.96. The van der Waals surface area contributed by atoms with Crippen LogP contribution in [-0.2, 0) is 4.79 Å². The highest BCUT2D eigenvalue weighted by Crippen LogP contribution is 2.24. The lowest BCUT2D eigenvalue weighted by atomic mass is 9.92. The molecule has 1 N–H and O–H groups in total. The summed E-state index contributed by atoms with van der Waals surface area (Å²) in [5.41, 5.74) is 1.09. The maximum atomic E-state index is 12.6. The van der Waals surface area contributed by atoms with Gasteiger partial charge in [-0.15, -0.1) is 10.2 Å². The Kier molecular flexibility index (Phi) is 3.32. The smallest absolute Gasteiger partial charge is 0.326 e. The lowest BCUT2D eigenvalue weighted by molar-refractivity contribution is -0.144. The molecule has 3 heterocycles. The van der Waals surface area contributed by atoms with E-state index in [1.807, 2.05) is 6.92 Å². The fourth-order valence-corrected chi connectivity index (χ4v) is 2.74. The van der Waals surface area contributed by atoms with Crippen LogP contribution < -0.4 is 0 Å². The van der Waals surface area contributed by atoms with Crippen molar-refractivity contribution in [3.8, 4) is 0 Å². The van der Waals surface area contributed by atoms with Crippen LogP contribution in [0.5, 0.6) is 0 Å². The summed E-state index contributed by atoms with van der Waals surface area (Å²) in [6, 6.07) is 2.60. The first-order valence-electron chi connectivity index (χ1n) is 6.89. The molecular formula is C14H16N4O3. The molecule has 0 aliphatic carbocycles. The highest BCUT2D eigenvalue weighted by Gasteiger charge is 2.35. The van der Waals surface area contributed by atoms with E-state index in [0.29, 0.717) is 30.1 Å². The van der Waals surface area contributed by atoms with Gasteiger partial charge < -0.3 is 10.0 Å². The molecule has 1 aliphatic rings. The maximum Gasteiger partial charge on any atom is 0.326 e. The summed E-state index contributed by atoms with van der Waals surface area (Å²) in [4.78, 5) is 25.4. The summed E-state index contributed by atoms with van der Waals surface area (Å²) < 4.78 is 1.65. The first-order valence-corrected chi connectivity index (χ1v) is 6.89. The largest absolute Gasteiger partial charge is 0.480 e. The van der Waals surface area contributed by atoms with Gasteiger partial charge in [-0.2, -0.15) is 0 Å². The Morgan fingerprint density at radius 2 is 2.19 bits per heavy atom. The Labute approximate surface area is 121 Å². The predicted octanol–water partition coefficient (Wildman–Crippen LogP) is 1.05. The number of fused-ring (bicyclic) bond motifs is 1. The number of hydrogen-bond donors (Lipinski definition) is 1. The molecule has 21 heavy (non-hydrogen) atoms. The zero-order valence-electron chi connectivity index (χ0n) is 11.6. The van der Waals surface area contributed by atoms with Crippen molar-refractivity contribution in [3.05, 3.63) is 30.2 Å². The van der Waals surface area contributed by atoms with E-state index in [1.165, 1.54) is 11.2 Å². The van der Waals surface area contributed by atoms with E-state index in [9.17, 15) is 14.7 Å². The average molecular weight is 288 g/mol. The highest BCUT2D eigenvalue weighted by atomic mass is 16.4. The third-order valence-electron chi connectivity index (χ3n) is 3.95. The van der Waals surface area contributed by atoms with E-state index in [4.69, 9.17) is 0 Å². The number of carboxylic acids is 1. The average Bonchev–Trinajstić information content (AvgIpc) is 2.93. The van der Waals surface area contributed by atoms with E-state index >= 15 is 0 Å². The van der Waals surface area contributed by atoms with Crippen LogP contribution in [-0.4, -0.2) is 49.1 Å². The number of rotatable bonds is 2. The van der Waals surface area contributed by atoms with Crippen LogP contribution in [0.1, 0.15) is 30.1 Å². The third-order valence-corrected chi connectivity index (χ3v) is 3.95. The number of carboxylic acid groups (broad SMARTS) is 1. The van der Waals surface area contributed by atoms with Crippen molar-refractivity contribution in [1.82, 2.24) is 19.5 Å². The van der Waals surface area contributed by atoms with Gasteiger partial charge in [0.15, 0.2) is 5.65 Å². The molecule has 7 heteroatoms. The Morgan fingerprint density at radius 1 is 1.38 bits per heavy atom. The summed E-state index contributed by atoms with van der Waals surface area (Å²) in [5.74, 6) is -0.888. The molecule has 2 aromatic heterocycles. The van der Waals surface area contributed by atoms with Gasteiger partial charge in [-0.1, -0.05) is 6.92 Å². The van der Waals surface area contributed by atoms with E-state index in [2.05, 4.69) is 10.2 Å². The van der Waals surface area contributed by atoms with Gasteiger partial charge in [-0.25, -0.2) is 4.79 Å². The summed E-state index contributed by atoms with van der Waals surface area (Å²) in [5, 5.41) is 17.0. The maximum absolute atomic E-state index is 12.6. The minimum Gasteiger partial charge on any atom is -0.480 e. The van der Waals surface area contributed by atoms with Crippen molar-refractivity contribution in [2.45, 2.75) is 25.8 Å². The Morgan fingerprint density at radius 3 is 2.95 bits per heavy atom. The van der Waals surface area contributed by atoms with Gasteiger partial charge in [0, 0.05) is 12.7 Å². The monoisotopic (exact) mass is 288 g/mol. The number of aromatic nitrogens is 3. The molecule has 1 amide bonds. The van der Waals surface area contributed by atoms with Crippen molar-refractivity contribution in [2.75, 3.05) is 6.54 Å². The van der Waals surface area contributed by atoms with E-state index < -0.39 is 12.0 Å². The first kappa shape index (κ1) is 13.5. The zero-order chi connectivity index (χ0) is 15.0. The molecule has 1 aliphatic heterocycles. The number of pyridine rings is 1. The second-order valence-corrected chi connectivity index (χ2v) is 5.50. The van der Waals surface area contributed by atoms with Crippen molar-refractivity contribution in [2.24, 2.45) is 5.92 Å². The lowest BCUT2D eigenvalue weighted by Crippen LogP contribution is -2.49. The van der Waals surface area contributed by atoms with Crippen molar-refractivity contribution < 1.29 is 14.7 Å². The fourth-order valence-electron chi connectivity index (χ4n) is 2.74. The van der Waals surface area contributed by atoms with Gasteiger partial charge in [0.05, 0.1) is 5.56 Å².